The highest BCUT2D eigenvalue weighted by atomic mass is 32.2. The number of nitrogens with zero attached hydrogens (tertiary/aromatic N) is 1. The summed E-state index contributed by atoms with van der Waals surface area (Å²) in [7, 11) is -1.97. The van der Waals surface area contributed by atoms with Gasteiger partial charge in [-0.05, 0) is 18.2 Å². The molecule has 0 spiro atoms. The fourth-order valence-corrected chi connectivity index (χ4v) is 2.62. The maximum Gasteiger partial charge on any atom is 0.244 e. The highest BCUT2D eigenvalue weighted by molar-refractivity contribution is 7.89. The SMILES string of the molecule is CNc1ncccc1S(=O)(=O)NCc1ccoc1. The molecular formula is C11H13N3O3S. The molecule has 2 N–H and O–H groups in total. The fraction of sp³-hybridized carbons (Fsp3) is 0.182. The van der Waals surface area contributed by atoms with Crippen LogP contribution in [0.5, 0.6) is 0 Å². The van der Waals surface area contributed by atoms with Crippen molar-refractivity contribution in [1.29, 1.82) is 0 Å². The van der Waals surface area contributed by atoms with E-state index in [0.717, 1.165) is 5.56 Å². The number of pyridine rings is 1. The van der Waals surface area contributed by atoms with Gasteiger partial charge >= 0.3 is 0 Å². The Morgan fingerprint density at radius 2 is 2.22 bits per heavy atom. The van der Waals surface area contributed by atoms with Gasteiger partial charge in [0.1, 0.15) is 10.7 Å². The molecule has 0 saturated heterocycles. The Hall–Kier alpha value is -1.86. The fourth-order valence-electron chi connectivity index (χ4n) is 1.44. The Morgan fingerprint density at radius 3 is 2.89 bits per heavy atom. The number of hydrogen-bond acceptors (Lipinski definition) is 5. The molecule has 6 nitrogen and oxygen atoms in total. The molecule has 18 heavy (non-hydrogen) atoms. The summed E-state index contributed by atoms with van der Waals surface area (Å²) >= 11 is 0. The highest BCUT2D eigenvalue weighted by Gasteiger charge is 2.18. The molecule has 0 unspecified atom stereocenters. The molecule has 0 aromatic carbocycles. The third-order valence-corrected chi connectivity index (χ3v) is 3.78. The lowest BCUT2D eigenvalue weighted by Gasteiger charge is -2.09. The lowest BCUT2D eigenvalue weighted by atomic mass is 10.4. The minimum atomic E-state index is -3.60. The first-order valence-electron chi connectivity index (χ1n) is 5.27. The molecule has 2 rings (SSSR count). The van der Waals surface area contributed by atoms with Crippen LogP contribution in [0, 0.1) is 0 Å². The summed E-state index contributed by atoms with van der Waals surface area (Å²) in [5.41, 5.74) is 0.758. The molecule has 0 aliphatic rings. The van der Waals surface area contributed by atoms with Gasteiger partial charge in [-0.2, -0.15) is 0 Å². The number of anilines is 1. The first kappa shape index (κ1) is 12.6. The Balaban J connectivity index is 2.20. The van der Waals surface area contributed by atoms with Gasteiger partial charge in [0.2, 0.25) is 10.0 Å². The van der Waals surface area contributed by atoms with Crippen molar-refractivity contribution in [2.24, 2.45) is 0 Å². The molecule has 0 aliphatic heterocycles. The normalized spacial score (nSPS) is 11.4. The van der Waals surface area contributed by atoms with Crippen LogP contribution >= 0.6 is 0 Å². The maximum atomic E-state index is 12.1. The van der Waals surface area contributed by atoms with E-state index in [2.05, 4.69) is 15.0 Å². The number of nitrogens with one attached hydrogen (secondary N) is 2. The molecule has 0 amide bonds. The number of rotatable bonds is 5. The Kier molecular flexibility index (Phi) is 3.63. The third-order valence-electron chi connectivity index (χ3n) is 2.34. The van der Waals surface area contributed by atoms with Gasteiger partial charge in [0.25, 0.3) is 0 Å². The topological polar surface area (TPSA) is 84.2 Å². The average Bonchev–Trinajstić information content (AvgIpc) is 2.89. The Labute approximate surface area is 105 Å². The zero-order valence-electron chi connectivity index (χ0n) is 9.75. The van der Waals surface area contributed by atoms with Crippen molar-refractivity contribution in [1.82, 2.24) is 9.71 Å². The molecule has 0 atom stereocenters. The van der Waals surface area contributed by atoms with Gasteiger partial charge in [-0.1, -0.05) is 0 Å². The van der Waals surface area contributed by atoms with E-state index >= 15 is 0 Å². The molecule has 7 heteroatoms. The van der Waals surface area contributed by atoms with Crippen LogP contribution in [0.1, 0.15) is 5.56 Å². The number of aromatic nitrogens is 1. The van der Waals surface area contributed by atoms with E-state index in [1.54, 1.807) is 19.2 Å². The number of hydrogen-bond donors (Lipinski definition) is 2. The van der Waals surface area contributed by atoms with Gasteiger partial charge in [-0.3, -0.25) is 0 Å². The van der Waals surface area contributed by atoms with Crippen molar-refractivity contribution < 1.29 is 12.8 Å². The second kappa shape index (κ2) is 5.19. The van der Waals surface area contributed by atoms with Gasteiger partial charge in [0.15, 0.2) is 0 Å². The summed E-state index contributed by atoms with van der Waals surface area (Å²) < 4.78 is 31.5. The monoisotopic (exact) mass is 267 g/mol. The van der Waals surface area contributed by atoms with Crippen LogP contribution in [0.15, 0.2) is 46.2 Å². The second-order valence-electron chi connectivity index (χ2n) is 3.56. The van der Waals surface area contributed by atoms with Gasteiger partial charge in [-0.25, -0.2) is 18.1 Å². The minimum absolute atomic E-state index is 0.121. The molecule has 0 fully saturated rings. The van der Waals surface area contributed by atoms with E-state index in [4.69, 9.17) is 4.42 Å². The van der Waals surface area contributed by atoms with E-state index < -0.39 is 10.0 Å². The van der Waals surface area contributed by atoms with Crippen LogP contribution in [-0.4, -0.2) is 20.4 Å². The summed E-state index contributed by atoms with van der Waals surface area (Å²) in [6.07, 6.45) is 4.51. The second-order valence-corrected chi connectivity index (χ2v) is 5.29. The van der Waals surface area contributed by atoms with Crippen molar-refractivity contribution in [3.05, 3.63) is 42.5 Å². The standard InChI is InChI=1S/C11H13N3O3S/c1-12-11-10(3-2-5-13-11)18(15,16)14-7-9-4-6-17-8-9/h2-6,8,14H,7H2,1H3,(H,12,13). The molecule has 2 heterocycles. The average molecular weight is 267 g/mol. The number of furan rings is 1. The molecular weight excluding hydrogens is 254 g/mol. The van der Waals surface area contributed by atoms with E-state index in [0.29, 0.717) is 5.82 Å². The van der Waals surface area contributed by atoms with Crippen LogP contribution in [-0.2, 0) is 16.6 Å². The molecule has 2 aromatic rings. The van der Waals surface area contributed by atoms with Crippen molar-refractivity contribution in [3.63, 3.8) is 0 Å². The molecule has 2 aromatic heterocycles. The maximum absolute atomic E-state index is 12.1. The van der Waals surface area contributed by atoms with Crippen LogP contribution in [0.2, 0.25) is 0 Å². The first-order chi connectivity index (χ1) is 8.63. The quantitative estimate of drug-likeness (QED) is 0.850. The van der Waals surface area contributed by atoms with E-state index in [1.807, 2.05) is 0 Å². The summed E-state index contributed by atoms with van der Waals surface area (Å²) in [6.45, 7) is 0.177. The molecule has 0 bridgehead atoms. The highest BCUT2D eigenvalue weighted by Crippen LogP contribution is 2.17. The van der Waals surface area contributed by atoms with Crippen molar-refractivity contribution >= 4 is 15.8 Å². The lowest BCUT2D eigenvalue weighted by Crippen LogP contribution is -2.24. The molecule has 0 saturated carbocycles. The molecule has 96 valence electrons. The van der Waals surface area contributed by atoms with Gasteiger partial charge in [0, 0.05) is 25.4 Å². The summed E-state index contributed by atoms with van der Waals surface area (Å²) in [5.74, 6) is 0.317. The summed E-state index contributed by atoms with van der Waals surface area (Å²) in [5, 5.41) is 2.75. The Morgan fingerprint density at radius 1 is 1.39 bits per heavy atom. The Bertz CT molecular complexity index is 608. The zero-order valence-corrected chi connectivity index (χ0v) is 10.6. The van der Waals surface area contributed by atoms with Crippen molar-refractivity contribution in [2.75, 3.05) is 12.4 Å². The van der Waals surface area contributed by atoms with Crippen LogP contribution in [0.4, 0.5) is 5.82 Å². The number of sulfonamides is 1. The summed E-state index contributed by atoms with van der Waals surface area (Å²) in [6, 6.07) is 4.77. The zero-order chi connectivity index (χ0) is 13.0. The first-order valence-corrected chi connectivity index (χ1v) is 6.75. The predicted molar refractivity (Wildman–Crippen MR) is 66.5 cm³/mol. The van der Waals surface area contributed by atoms with Gasteiger partial charge in [0.05, 0.1) is 12.5 Å². The van der Waals surface area contributed by atoms with E-state index in [1.165, 1.54) is 24.8 Å². The van der Waals surface area contributed by atoms with Crippen LogP contribution in [0.25, 0.3) is 0 Å². The van der Waals surface area contributed by atoms with E-state index in [9.17, 15) is 8.42 Å². The van der Waals surface area contributed by atoms with Crippen LogP contribution < -0.4 is 10.0 Å². The largest absolute Gasteiger partial charge is 0.472 e. The molecule has 0 aliphatic carbocycles. The third kappa shape index (κ3) is 2.69. The van der Waals surface area contributed by atoms with Crippen molar-refractivity contribution in [3.8, 4) is 0 Å². The lowest BCUT2D eigenvalue weighted by molar-refractivity contribution is 0.561. The van der Waals surface area contributed by atoms with Gasteiger partial charge < -0.3 is 9.73 Å². The van der Waals surface area contributed by atoms with Crippen LogP contribution in [0.3, 0.4) is 0 Å². The predicted octanol–water partition coefficient (Wildman–Crippen LogP) is 1.19. The summed E-state index contributed by atoms with van der Waals surface area (Å²) in [4.78, 5) is 4.08. The molecule has 0 radical (unpaired) electrons. The smallest absolute Gasteiger partial charge is 0.244 e. The van der Waals surface area contributed by atoms with Gasteiger partial charge in [-0.15, -0.1) is 0 Å². The van der Waals surface area contributed by atoms with E-state index in [-0.39, 0.29) is 11.4 Å². The van der Waals surface area contributed by atoms with Crippen molar-refractivity contribution in [2.45, 2.75) is 11.4 Å². The minimum Gasteiger partial charge on any atom is -0.472 e.